The van der Waals surface area contributed by atoms with Crippen LogP contribution in [-0.4, -0.2) is 66.6 Å². The van der Waals surface area contributed by atoms with Crippen molar-refractivity contribution in [2.24, 2.45) is 0 Å². The molecule has 1 aromatic carbocycles. The number of likely N-dealkylation sites (N-methyl/N-ethyl adjacent to an activating group) is 1. The fraction of sp³-hybridized carbons (Fsp3) is 0.435. The van der Waals surface area contributed by atoms with Crippen LogP contribution in [0.3, 0.4) is 0 Å². The van der Waals surface area contributed by atoms with E-state index in [0.29, 0.717) is 24.2 Å². The van der Waals surface area contributed by atoms with Gasteiger partial charge in [0.1, 0.15) is 5.82 Å². The van der Waals surface area contributed by atoms with Gasteiger partial charge in [0.15, 0.2) is 0 Å². The van der Waals surface area contributed by atoms with Crippen molar-refractivity contribution in [3.8, 4) is 0 Å². The molecule has 1 unspecified atom stereocenters. The molecule has 8 heteroatoms. The average molecular weight is 445 g/mol. The van der Waals surface area contributed by atoms with Crippen LogP contribution in [0.1, 0.15) is 24.3 Å². The average Bonchev–Trinajstić information content (AvgIpc) is 2.80. The molecule has 1 atom stereocenters. The van der Waals surface area contributed by atoms with E-state index in [9.17, 15) is 9.18 Å². The lowest BCUT2D eigenvalue weighted by atomic mass is 9.92. The van der Waals surface area contributed by atoms with Crippen molar-refractivity contribution < 1.29 is 14.4 Å². The predicted octanol–water partition coefficient (Wildman–Crippen LogP) is 3.29. The molecule has 0 saturated carbocycles. The van der Waals surface area contributed by atoms with Crippen molar-refractivity contribution in [2.75, 3.05) is 51.2 Å². The first-order chi connectivity index (χ1) is 15.0. The Morgan fingerprint density at radius 2 is 2.00 bits per heavy atom. The van der Waals surface area contributed by atoms with Gasteiger partial charge in [0.05, 0.1) is 5.69 Å². The molecule has 1 amide bonds. The molecule has 2 heterocycles. The van der Waals surface area contributed by atoms with E-state index in [4.69, 9.17) is 5.21 Å². The highest BCUT2D eigenvalue weighted by Crippen LogP contribution is 2.35. The predicted molar refractivity (Wildman–Crippen MR) is 122 cm³/mol. The fourth-order valence-corrected chi connectivity index (χ4v) is 5.07. The molecule has 31 heavy (non-hydrogen) atoms. The molecule has 3 aliphatic rings. The fourth-order valence-electron chi connectivity index (χ4n) is 4.13. The van der Waals surface area contributed by atoms with Crippen molar-refractivity contribution >= 4 is 23.5 Å². The number of hydrogen-bond donors (Lipinski definition) is 2. The first-order valence-electron chi connectivity index (χ1n) is 10.7. The second-order valence-electron chi connectivity index (χ2n) is 8.21. The second kappa shape index (κ2) is 9.99. The highest BCUT2D eigenvalue weighted by molar-refractivity contribution is 8.01. The molecular weight excluding hydrogens is 415 g/mol. The van der Waals surface area contributed by atoms with Gasteiger partial charge < -0.3 is 9.80 Å². The Morgan fingerprint density at radius 3 is 2.61 bits per heavy atom. The number of nitrogens with zero attached hydrogens (tertiary/aromatic N) is 3. The smallest absolute Gasteiger partial charge is 0.270 e. The van der Waals surface area contributed by atoms with E-state index in [-0.39, 0.29) is 11.7 Å². The Labute approximate surface area is 187 Å². The number of rotatable bonds is 5. The molecule has 4 rings (SSSR count). The van der Waals surface area contributed by atoms with Crippen LogP contribution < -0.4 is 10.4 Å². The Balaban J connectivity index is 1.32. The molecule has 0 aromatic heterocycles. The number of halogens is 1. The summed E-state index contributed by atoms with van der Waals surface area (Å²) in [7, 11) is 2.10. The molecule has 0 spiro atoms. The minimum atomic E-state index is -0.421. The molecule has 1 aromatic rings. The van der Waals surface area contributed by atoms with Gasteiger partial charge in [-0.25, -0.2) is 14.2 Å². The van der Waals surface area contributed by atoms with Gasteiger partial charge in [0, 0.05) is 55.7 Å². The van der Waals surface area contributed by atoms with Crippen molar-refractivity contribution in [1.82, 2.24) is 14.7 Å². The molecule has 2 N–H and O–H groups in total. The summed E-state index contributed by atoms with van der Waals surface area (Å²) in [5.41, 5.74) is 4.02. The molecule has 1 saturated heterocycles. The van der Waals surface area contributed by atoms with Gasteiger partial charge in [-0.1, -0.05) is 30.4 Å². The van der Waals surface area contributed by atoms with Crippen LogP contribution >= 0.6 is 11.9 Å². The number of hydroxylamine groups is 1. The number of carbonyl (C=O) groups excluding carboxylic acids is 1. The third kappa shape index (κ3) is 5.38. The van der Waals surface area contributed by atoms with E-state index in [1.807, 2.05) is 12.1 Å². The summed E-state index contributed by atoms with van der Waals surface area (Å²) in [5, 5.41) is 8.74. The van der Waals surface area contributed by atoms with Gasteiger partial charge in [-0.05, 0) is 49.5 Å². The summed E-state index contributed by atoms with van der Waals surface area (Å²) in [6, 6.07) is 5.68. The summed E-state index contributed by atoms with van der Waals surface area (Å²) in [6.45, 7) is 5.04. The van der Waals surface area contributed by atoms with Gasteiger partial charge in [0.25, 0.3) is 5.91 Å². The summed E-state index contributed by atoms with van der Waals surface area (Å²) < 4.78 is 17.0. The van der Waals surface area contributed by atoms with Crippen LogP contribution in [0.4, 0.5) is 10.1 Å². The van der Waals surface area contributed by atoms with Crippen molar-refractivity contribution in [1.29, 1.82) is 0 Å². The van der Waals surface area contributed by atoms with Crippen LogP contribution in [0.15, 0.2) is 53.0 Å². The van der Waals surface area contributed by atoms with E-state index < -0.39 is 5.91 Å². The zero-order chi connectivity index (χ0) is 21.8. The largest absolute Gasteiger partial charge is 0.367 e. The highest BCUT2D eigenvalue weighted by atomic mass is 32.2. The Kier molecular flexibility index (Phi) is 7.12. The summed E-state index contributed by atoms with van der Waals surface area (Å²) >= 11 is 1.67. The van der Waals surface area contributed by atoms with Gasteiger partial charge >= 0.3 is 0 Å². The molecule has 0 radical (unpaired) electrons. The monoisotopic (exact) mass is 444 g/mol. The number of nitrogens with one attached hydrogen (secondary N) is 1. The van der Waals surface area contributed by atoms with Crippen LogP contribution in [0.5, 0.6) is 0 Å². The molecule has 6 nitrogen and oxygen atoms in total. The van der Waals surface area contributed by atoms with Gasteiger partial charge in [-0.3, -0.25) is 10.0 Å². The number of allylic oxidation sites excluding steroid dienone is 3. The molecule has 2 aliphatic heterocycles. The van der Waals surface area contributed by atoms with Crippen molar-refractivity contribution in [3.05, 3.63) is 64.4 Å². The number of anilines is 1. The minimum absolute atomic E-state index is 0.137. The number of amides is 1. The quantitative estimate of drug-likeness (QED) is 0.413. The van der Waals surface area contributed by atoms with Crippen LogP contribution in [0, 0.1) is 5.82 Å². The molecular formula is C23H29FN4O2S. The van der Waals surface area contributed by atoms with Crippen LogP contribution in [0.2, 0.25) is 0 Å². The van der Waals surface area contributed by atoms with E-state index in [2.05, 4.69) is 45.4 Å². The molecule has 0 bridgehead atoms. The zero-order valence-corrected chi connectivity index (χ0v) is 18.6. The van der Waals surface area contributed by atoms with Crippen LogP contribution in [0.25, 0.3) is 0 Å². The first-order valence-corrected chi connectivity index (χ1v) is 11.5. The Bertz CT molecular complexity index is 909. The zero-order valence-electron chi connectivity index (χ0n) is 17.8. The first kappa shape index (κ1) is 22.1. The number of hydrogen-bond acceptors (Lipinski definition) is 6. The van der Waals surface area contributed by atoms with E-state index in [1.165, 1.54) is 0 Å². The van der Waals surface area contributed by atoms with E-state index >= 15 is 0 Å². The Hall–Kier alpha value is -2.13. The second-order valence-corrected chi connectivity index (χ2v) is 9.38. The maximum absolute atomic E-state index is 14.8. The summed E-state index contributed by atoms with van der Waals surface area (Å²) in [4.78, 5) is 17.0. The van der Waals surface area contributed by atoms with Gasteiger partial charge in [-0.15, -0.1) is 0 Å². The SMILES string of the molecule is CN1CCN(c2ccc(C3C=CC(SN4CC=C(C(=O)NO)CC4)=CC3)cc2F)CC1. The third-order valence-electron chi connectivity index (χ3n) is 6.11. The lowest BCUT2D eigenvalue weighted by molar-refractivity contribution is -0.125. The number of benzene rings is 1. The third-order valence-corrected chi connectivity index (χ3v) is 7.21. The topological polar surface area (TPSA) is 59.0 Å². The van der Waals surface area contributed by atoms with E-state index in [1.54, 1.807) is 23.5 Å². The maximum Gasteiger partial charge on any atom is 0.270 e. The number of piperazine rings is 1. The summed E-state index contributed by atoms with van der Waals surface area (Å²) in [6.07, 6.45) is 9.75. The van der Waals surface area contributed by atoms with Gasteiger partial charge in [-0.2, -0.15) is 0 Å². The molecule has 166 valence electrons. The van der Waals surface area contributed by atoms with Crippen molar-refractivity contribution in [3.63, 3.8) is 0 Å². The van der Waals surface area contributed by atoms with Crippen LogP contribution in [-0.2, 0) is 4.79 Å². The van der Waals surface area contributed by atoms with Gasteiger partial charge in [0.2, 0.25) is 0 Å². The summed E-state index contributed by atoms with van der Waals surface area (Å²) in [5.74, 6) is -0.376. The lowest BCUT2D eigenvalue weighted by Gasteiger charge is -2.34. The highest BCUT2D eigenvalue weighted by Gasteiger charge is 2.21. The molecule has 1 aliphatic carbocycles. The number of carbonyl (C=O) groups is 1. The molecule has 1 fully saturated rings. The van der Waals surface area contributed by atoms with Crippen molar-refractivity contribution in [2.45, 2.75) is 18.8 Å². The van der Waals surface area contributed by atoms with E-state index in [0.717, 1.165) is 49.6 Å². The normalized spacial score (nSPS) is 22.8. The minimum Gasteiger partial charge on any atom is -0.367 e. The standard InChI is InChI=1S/C23H29FN4O2S/c1-26-12-14-27(15-13-26)22-7-4-19(16-21(22)24)17-2-5-20(6-3-17)31-28-10-8-18(9-11-28)23(29)25-30/h2,4-8,16-17,30H,3,9-15H2,1H3,(H,25,29). The maximum atomic E-state index is 14.8. The lowest BCUT2D eigenvalue weighted by Crippen LogP contribution is -2.44. The Morgan fingerprint density at radius 1 is 1.19 bits per heavy atom.